The van der Waals surface area contributed by atoms with Crippen LogP contribution in [0.2, 0.25) is 0 Å². The number of hydrogen-bond donors (Lipinski definition) is 1. The van der Waals surface area contributed by atoms with Crippen LogP contribution in [0.25, 0.3) is 0 Å². The molecule has 1 N–H and O–H groups in total. The third kappa shape index (κ3) is 2.87. The van der Waals surface area contributed by atoms with Crippen LogP contribution in [-0.4, -0.2) is 44.8 Å². The third-order valence-electron chi connectivity index (χ3n) is 3.33. The lowest BCUT2D eigenvalue weighted by molar-refractivity contribution is -0.146. The molecule has 0 aliphatic carbocycles. The number of aromatic nitrogens is 2. The number of aryl methyl sites for hydroxylation is 1. The number of carboxylic acids is 1. The van der Waals surface area contributed by atoms with Crippen molar-refractivity contribution in [3.8, 4) is 0 Å². The summed E-state index contributed by atoms with van der Waals surface area (Å²) in [5, 5.41) is 12.8. The molecule has 0 unspecified atom stereocenters. The monoisotopic (exact) mass is 279 g/mol. The van der Waals surface area contributed by atoms with Gasteiger partial charge in [-0.25, -0.2) is 4.68 Å². The van der Waals surface area contributed by atoms with E-state index < -0.39 is 11.9 Å². The summed E-state index contributed by atoms with van der Waals surface area (Å²) >= 11 is 0. The Morgan fingerprint density at radius 2 is 2.10 bits per heavy atom. The van der Waals surface area contributed by atoms with E-state index in [-0.39, 0.29) is 30.2 Å². The van der Waals surface area contributed by atoms with Crippen molar-refractivity contribution in [1.29, 1.82) is 0 Å². The number of amides is 1. The largest absolute Gasteiger partial charge is 0.481 e. The van der Waals surface area contributed by atoms with E-state index in [0.29, 0.717) is 6.54 Å². The maximum absolute atomic E-state index is 12.1. The number of aliphatic carboxylic acids is 1. The number of rotatable bonds is 5. The summed E-state index contributed by atoms with van der Waals surface area (Å²) in [6.07, 6.45) is 1.74. The van der Waals surface area contributed by atoms with Crippen LogP contribution >= 0.6 is 0 Å². The molecule has 1 aliphatic rings. The maximum Gasteiger partial charge on any atom is 0.310 e. The molecule has 0 bridgehead atoms. The van der Waals surface area contributed by atoms with Gasteiger partial charge in [0.1, 0.15) is 5.69 Å². The van der Waals surface area contributed by atoms with E-state index in [0.717, 1.165) is 12.8 Å². The smallest absolute Gasteiger partial charge is 0.310 e. The summed E-state index contributed by atoms with van der Waals surface area (Å²) in [6, 6.07) is 2.71. The highest BCUT2D eigenvalue weighted by Crippen LogP contribution is 2.17. The van der Waals surface area contributed by atoms with Crippen LogP contribution in [-0.2, 0) is 11.3 Å². The molecule has 1 aromatic heterocycles. The number of hydrogen-bond acceptors (Lipinski definition) is 4. The van der Waals surface area contributed by atoms with Gasteiger partial charge in [0.25, 0.3) is 11.5 Å². The molecular weight excluding hydrogens is 262 g/mol. The highest BCUT2D eigenvalue weighted by Gasteiger charge is 2.36. The molecule has 1 amide bonds. The van der Waals surface area contributed by atoms with Crippen molar-refractivity contribution in [1.82, 2.24) is 14.7 Å². The van der Waals surface area contributed by atoms with E-state index >= 15 is 0 Å². The van der Waals surface area contributed by atoms with Crippen LogP contribution in [0.5, 0.6) is 0 Å². The van der Waals surface area contributed by atoms with Gasteiger partial charge >= 0.3 is 5.97 Å². The molecule has 1 aromatic rings. The molecule has 2 heterocycles. The number of carbonyl (C=O) groups excluding carboxylic acids is 1. The van der Waals surface area contributed by atoms with Crippen LogP contribution in [0.4, 0.5) is 0 Å². The van der Waals surface area contributed by atoms with Crippen LogP contribution in [0, 0.1) is 5.92 Å². The normalized spacial score (nSPS) is 14.9. The maximum atomic E-state index is 12.1. The zero-order chi connectivity index (χ0) is 14.7. The molecule has 7 heteroatoms. The van der Waals surface area contributed by atoms with Crippen LogP contribution in [0.1, 0.15) is 30.3 Å². The number of likely N-dealkylation sites (tertiary alicyclic amines) is 1. The average Bonchev–Trinajstić information content (AvgIpc) is 2.35. The van der Waals surface area contributed by atoms with Gasteiger partial charge in [0.05, 0.1) is 5.92 Å². The fourth-order valence-electron chi connectivity index (χ4n) is 1.99. The van der Waals surface area contributed by atoms with Crippen molar-refractivity contribution in [3.05, 3.63) is 28.2 Å². The highest BCUT2D eigenvalue weighted by atomic mass is 16.4. The van der Waals surface area contributed by atoms with Crippen molar-refractivity contribution in [2.45, 2.75) is 26.3 Å². The Morgan fingerprint density at radius 3 is 2.70 bits per heavy atom. The Morgan fingerprint density at radius 1 is 1.40 bits per heavy atom. The molecule has 0 atom stereocenters. The van der Waals surface area contributed by atoms with E-state index in [4.69, 9.17) is 5.11 Å². The molecular formula is C13H17N3O4. The molecule has 2 rings (SSSR count). The van der Waals surface area contributed by atoms with E-state index in [1.807, 2.05) is 6.92 Å². The van der Waals surface area contributed by atoms with Gasteiger partial charge in [-0.2, -0.15) is 5.10 Å². The van der Waals surface area contributed by atoms with Crippen LogP contribution < -0.4 is 5.56 Å². The highest BCUT2D eigenvalue weighted by molar-refractivity contribution is 5.93. The number of unbranched alkanes of at least 4 members (excludes halogenated alkanes) is 1. The van der Waals surface area contributed by atoms with E-state index in [9.17, 15) is 14.4 Å². The predicted octanol–water partition coefficient (Wildman–Crippen LogP) is 0.200. The number of carboxylic acid groups (broad SMARTS) is 1. The Kier molecular flexibility index (Phi) is 4.16. The molecule has 7 nitrogen and oxygen atoms in total. The topological polar surface area (TPSA) is 92.5 Å². The van der Waals surface area contributed by atoms with Crippen molar-refractivity contribution in [2.75, 3.05) is 13.1 Å². The Hall–Kier alpha value is -2.18. The first-order valence-corrected chi connectivity index (χ1v) is 6.63. The summed E-state index contributed by atoms with van der Waals surface area (Å²) < 4.78 is 1.28. The second kappa shape index (κ2) is 5.85. The second-order valence-electron chi connectivity index (χ2n) is 4.88. The van der Waals surface area contributed by atoms with Gasteiger partial charge in [-0.3, -0.25) is 14.4 Å². The van der Waals surface area contributed by atoms with Crippen molar-refractivity contribution in [3.63, 3.8) is 0 Å². The van der Waals surface area contributed by atoms with Gasteiger partial charge in [0.15, 0.2) is 0 Å². The van der Waals surface area contributed by atoms with Crippen LogP contribution in [0.15, 0.2) is 16.9 Å². The predicted molar refractivity (Wildman–Crippen MR) is 70.4 cm³/mol. The molecule has 20 heavy (non-hydrogen) atoms. The molecule has 1 fully saturated rings. The molecule has 0 spiro atoms. The lowest BCUT2D eigenvalue weighted by atomic mass is 10.0. The van der Waals surface area contributed by atoms with Crippen LogP contribution in [0.3, 0.4) is 0 Å². The molecule has 1 saturated heterocycles. The third-order valence-corrected chi connectivity index (χ3v) is 3.33. The van der Waals surface area contributed by atoms with Gasteiger partial charge in [-0.05, 0) is 12.5 Å². The molecule has 108 valence electrons. The minimum Gasteiger partial charge on any atom is -0.481 e. The lowest BCUT2D eigenvalue weighted by Crippen LogP contribution is -2.53. The number of nitrogens with zero attached hydrogens (tertiary/aromatic N) is 3. The van der Waals surface area contributed by atoms with Gasteiger partial charge in [-0.1, -0.05) is 13.3 Å². The second-order valence-corrected chi connectivity index (χ2v) is 4.88. The molecule has 0 radical (unpaired) electrons. The fourth-order valence-corrected chi connectivity index (χ4v) is 1.99. The van der Waals surface area contributed by atoms with E-state index in [2.05, 4.69) is 5.10 Å². The summed E-state index contributed by atoms with van der Waals surface area (Å²) in [5.74, 6) is -1.72. The zero-order valence-corrected chi connectivity index (χ0v) is 11.3. The molecule has 0 saturated carbocycles. The van der Waals surface area contributed by atoms with Gasteiger partial charge < -0.3 is 10.0 Å². The minimum atomic E-state index is -0.894. The van der Waals surface area contributed by atoms with E-state index in [1.54, 1.807) is 0 Å². The van der Waals surface area contributed by atoms with Crippen molar-refractivity contribution in [2.24, 2.45) is 5.92 Å². The number of carbonyl (C=O) groups is 2. The Bertz CT molecular complexity index is 575. The van der Waals surface area contributed by atoms with Crippen molar-refractivity contribution < 1.29 is 14.7 Å². The lowest BCUT2D eigenvalue weighted by Gasteiger charge is -2.36. The molecule has 0 aromatic carbocycles. The zero-order valence-electron chi connectivity index (χ0n) is 11.3. The SMILES string of the molecule is CCCCn1nc(C(=O)N2CC(C(=O)O)C2)ccc1=O. The van der Waals surface area contributed by atoms with Gasteiger partial charge in [0, 0.05) is 25.7 Å². The Labute approximate surface area is 115 Å². The fraction of sp³-hybridized carbons (Fsp3) is 0.538. The average molecular weight is 279 g/mol. The van der Waals surface area contributed by atoms with Crippen molar-refractivity contribution >= 4 is 11.9 Å². The summed E-state index contributed by atoms with van der Waals surface area (Å²) in [5.41, 5.74) is -0.0495. The van der Waals surface area contributed by atoms with Gasteiger partial charge in [-0.15, -0.1) is 0 Å². The Balaban J connectivity index is 2.07. The first-order valence-electron chi connectivity index (χ1n) is 6.63. The summed E-state index contributed by atoms with van der Waals surface area (Å²) in [7, 11) is 0. The van der Waals surface area contributed by atoms with E-state index in [1.165, 1.54) is 21.7 Å². The quantitative estimate of drug-likeness (QED) is 0.831. The minimum absolute atomic E-state index is 0.185. The summed E-state index contributed by atoms with van der Waals surface area (Å²) in [6.45, 7) is 2.88. The van der Waals surface area contributed by atoms with Gasteiger partial charge in [0.2, 0.25) is 0 Å². The first-order chi connectivity index (χ1) is 9.52. The first kappa shape index (κ1) is 14.2. The molecule has 1 aliphatic heterocycles. The standard InChI is InChI=1S/C13H17N3O4/c1-2-3-6-16-11(17)5-4-10(14-16)12(18)15-7-9(8-15)13(19)20/h4-5,9H,2-3,6-8H2,1H3,(H,19,20). The summed E-state index contributed by atoms with van der Waals surface area (Å²) in [4.78, 5) is 35.8.